The van der Waals surface area contributed by atoms with E-state index in [4.69, 9.17) is 20.9 Å². The summed E-state index contributed by atoms with van der Waals surface area (Å²) in [6.45, 7) is 0. The molecule has 0 N–H and O–H groups in total. The van der Waals surface area contributed by atoms with Crippen molar-refractivity contribution in [3.8, 4) is 5.75 Å². The topological polar surface area (TPSA) is 48.2 Å². The van der Waals surface area contributed by atoms with E-state index in [1.807, 2.05) is 18.2 Å². The Balaban J connectivity index is 1.79. The Morgan fingerprint density at radius 3 is 3.06 bits per heavy atom. The smallest absolute Gasteiger partial charge is 0.227 e. The molecule has 0 bridgehead atoms. The minimum Gasteiger partial charge on any atom is -0.482 e. The van der Waals surface area contributed by atoms with Gasteiger partial charge in [0.2, 0.25) is 11.7 Å². The molecule has 0 saturated heterocycles. The van der Waals surface area contributed by atoms with Crippen LogP contribution in [0.3, 0.4) is 0 Å². The molecular weight excluding hydrogens is 240 g/mol. The van der Waals surface area contributed by atoms with Gasteiger partial charge < -0.3 is 9.26 Å². The fourth-order valence-electron chi connectivity index (χ4n) is 1.91. The predicted molar refractivity (Wildman–Crippen MR) is 62.2 cm³/mol. The summed E-state index contributed by atoms with van der Waals surface area (Å²) >= 11 is 5.62. The first-order chi connectivity index (χ1) is 8.36. The predicted octanol–water partition coefficient (Wildman–Crippen LogP) is 2.53. The van der Waals surface area contributed by atoms with Crippen LogP contribution in [-0.2, 0) is 12.8 Å². The van der Waals surface area contributed by atoms with Gasteiger partial charge in [0.15, 0.2) is 6.10 Å². The number of hydrogen-bond acceptors (Lipinski definition) is 4. The fraction of sp³-hybridized carbons (Fsp3) is 0.333. The molecule has 0 saturated carbocycles. The lowest BCUT2D eigenvalue weighted by atomic mass is 10.1. The zero-order valence-corrected chi connectivity index (χ0v) is 9.85. The summed E-state index contributed by atoms with van der Waals surface area (Å²) in [6, 6.07) is 7.96. The van der Waals surface area contributed by atoms with Crippen molar-refractivity contribution in [3.05, 3.63) is 41.5 Å². The quantitative estimate of drug-likeness (QED) is 0.786. The Kier molecular flexibility index (Phi) is 2.73. The molecule has 17 heavy (non-hydrogen) atoms. The Morgan fingerprint density at radius 2 is 2.24 bits per heavy atom. The van der Waals surface area contributed by atoms with E-state index in [2.05, 4.69) is 16.2 Å². The summed E-state index contributed by atoms with van der Waals surface area (Å²) in [7, 11) is 0. The number of fused-ring (bicyclic) bond motifs is 1. The van der Waals surface area contributed by atoms with Gasteiger partial charge in [0.25, 0.3) is 0 Å². The molecule has 0 spiro atoms. The zero-order chi connectivity index (χ0) is 11.7. The fourth-order valence-corrected chi connectivity index (χ4v) is 2.07. The molecule has 1 atom stereocenters. The summed E-state index contributed by atoms with van der Waals surface area (Å²) in [5.41, 5.74) is 1.18. The maximum Gasteiger partial charge on any atom is 0.227 e. The zero-order valence-electron chi connectivity index (χ0n) is 9.10. The SMILES string of the molecule is ClCCc1nc(C2Cc3ccccc3O2)no1. The van der Waals surface area contributed by atoms with Crippen molar-refractivity contribution in [2.24, 2.45) is 0 Å². The van der Waals surface area contributed by atoms with Crippen LogP contribution < -0.4 is 4.74 Å². The van der Waals surface area contributed by atoms with Gasteiger partial charge >= 0.3 is 0 Å². The number of para-hydroxylation sites is 1. The molecule has 1 aliphatic rings. The van der Waals surface area contributed by atoms with Crippen LogP contribution in [0, 0.1) is 0 Å². The number of nitrogens with zero attached hydrogens (tertiary/aromatic N) is 2. The maximum atomic E-state index is 5.77. The van der Waals surface area contributed by atoms with Crippen molar-refractivity contribution < 1.29 is 9.26 Å². The van der Waals surface area contributed by atoms with Gasteiger partial charge in [0.05, 0.1) is 0 Å². The number of alkyl halides is 1. The molecule has 0 aliphatic carbocycles. The van der Waals surface area contributed by atoms with Crippen LogP contribution in [-0.4, -0.2) is 16.0 Å². The van der Waals surface area contributed by atoms with Crippen molar-refractivity contribution >= 4 is 11.6 Å². The average molecular weight is 251 g/mol. The second-order valence-electron chi connectivity index (χ2n) is 3.90. The van der Waals surface area contributed by atoms with Crippen molar-refractivity contribution in [1.29, 1.82) is 0 Å². The van der Waals surface area contributed by atoms with Crippen LogP contribution in [0.2, 0.25) is 0 Å². The minimum absolute atomic E-state index is 0.139. The lowest BCUT2D eigenvalue weighted by Crippen LogP contribution is -2.05. The molecule has 3 rings (SSSR count). The van der Waals surface area contributed by atoms with Gasteiger partial charge in [-0.15, -0.1) is 11.6 Å². The van der Waals surface area contributed by atoms with Crippen LogP contribution in [0.4, 0.5) is 0 Å². The highest BCUT2D eigenvalue weighted by Gasteiger charge is 2.27. The molecule has 1 unspecified atom stereocenters. The summed E-state index contributed by atoms with van der Waals surface area (Å²) in [5.74, 6) is 2.55. The van der Waals surface area contributed by atoms with E-state index in [1.54, 1.807) is 0 Å². The molecule has 1 aromatic heterocycles. The third-order valence-electron chi connectivity index (χ3n) is 2.73. The van der Waals surface area contributed by atoms with Crippen molar-refractivity contribution in [2.75, 3.05) is 5.88 Å². The van der Waals surface area contributed by atoms with Gasteiger partial charge in [-0.1, -0.05) is 23.4 Å². The molecule has 0 radical (unpaired) electrons. The number of benzene rings is 1. The molecule has 1 aromatic carbocycles. The molecule has 0 amide bonds. The summed E-state index contributed by atoms with van der Waals surface area (Å²) < 4.78 is 10.9. The standard InChI is InChI=1S/C12H11ClN2O2/c13-6-5-11-14-12(15-17-11)10-7-8-3-1-2-4-9(8)16-10/h1-4,10H,5-7H2. The van der Waals surface area contributed by atoms with Gasteiger partial charge in [-0.3, -0.25) is 0 Å². The van der Waals surface area contributed by atoms with E-state index >= 15 is 0 Å². The minimum atomic E-state index is -0.139. The Bertz CT molecular complexity index is 502. The molecule has 5 heteroatoms. The monoisotopic (exact) mass is 250 g/mol. The summed E-state index contributed by atoms with van der Waals surface area (Å²) in [6.07, 6.45) is 1.24. The number of ether oxygens (including phenoxy) is 1. The van der Waals surface area contributed by atoms with E-state index in [0.717, 1.165) is 12.2 Å². The molecule has 2 heterocycles. The highest BCUT2D eigenvalue weighted by molar-refractivity contribution is 6.17. The van der Waals surface area contributed by atoms with Crippen LogP contribution in [0.5, 0.6) is 5.75 Å². The van der Waals surface area contributed by atoms with Crippen LogP contribution in [0.25, 0.3) is 0 Å². The van der Waals surface area contributed by atoms with Gasteiger partial charge in [-0.05, 0) is 11.6 Å². The molecule has 88 valence electrons. The van der Waals surface area contributed by atoms with E-state index in [0.29, 0.717) is 24.0 Å². The van der Waals surface area contributed by atoms with Crippen molar-refractivity contribution in [1.82, 2.24) is 10.1 Å². The van der Waals surface area contributed by atoms with Crippen molar-refractivity contribution in [3.63, 3.8) is 0 Å². The van der Waals surface area contributed by atoms with Gasteiger partial charge in [-0.2, -0.15) is 4.98 Å². The number of hydrogen-bond donors (Lipinski definition) is 0. The number of rotatable bonds is 3. The van der Waals surface area contributed by atoms with Crippen LogP contribution in [0.1, 0.15) is 23.4 Å². The van der Waals surface area contributed by atoms with Gasteiger partial charge in [-0.25, -0.2) is 0 Å². The molecule has 4 nitrogen and oxygen atoms in total. The Morgan fingerprint density at radius 1 is 1.35 bits per heavy atom. The van der Waals surface area contributed by atoms with Crippen molar-refractivity contribution in [2.45, 2.75) is 18.9 Å². The van der Waals surface area contributed by atoms with Gasteiger partial charge in [0.1, 0.15) is 5.75 Å². The average Bonchev–Trinajstić information content (AvgIpc) is 2.94. The normalized spacial score (nSPS) is 17.8. The van der Waals surface area contributed by atoms with E-state index in [-0.39, 0.29) is 6.10 Å². The number of aromatic nitrogens is 2. The lowest BCUT2D eigenvalue weighted by molar-refractivity contribution is 0.221. The first-order valence-electron chi connectivity index (χ1n) is 5.50. The number of aryl methyl sites for hydroxylation is 1. The maximum absolute atomic E-state index is 5.77. The first-order valence-corrected chi connectivity index (χ1v) is 6.03. The van der Waals surface area contributed by atoms with E-state index in [9.17, 15) is 0 Å². The first kappa shape index (κ1) is 10.6. The summed E-state index contributed by atoms with van der Waals surface area (Å²) in [4.78, 5) is 4.28. The van der Waals surface area contributed by atoms with E-state index in [1.165, 1.54) is 5.56 Å². The Labute approximate surface area is 104 Å². The largest absolute Gasteiger partial charge is 0.482 e. The highest BCUT2D eigenvalue weighted by atomic mass is 35.5. The second-order valence-corrected chi connectivity index (χ2v) is 4.28. The van der Waals surface area contributed by atoms with Crippen LogP contribution in [0.15, 0.2) is 28.8 Å². The molecule has 2 aromatic rings. The third kappa shape index (κ3) is 2.00. The van der Waals surface area contributed by atoms with Gasteiger partial charge in [0, 0.05) is 18.7 Å². The lowest BCUT2D eigenvalue weighted by Gasteiger charge is -2.04. The molecule has 0 fully saturated rings. The highest BCUT2D eigenvalue weighted by Crippen LogP contribution is 2.35. The van der Waals surface area contributed by atoms with Crippen LogP contribution >= 0.6 is 11.6 Å². The number of halogens is 1. The molecule has 1 aliphatic heterocycles. The second kappa shape index (κ2) is 4.37. The summed E-state index contributed by atoms with van der Waals surface area (Å²) in [5, 5.41) is 3.93. The molecular formula is C12H11ClN2O2. The third-order valence-corrected chi connectivity index (χ3v) is 2.92. The Hall–Kier alpha value is -1.55. The van der Waals surface area contributed by atoms with E-state index < -0.39 is 0 Å².